The quantitative estimate of drug-likeness (QED) is 0.461. The molecule has 5 nitrogen and oxygen atoms in total. The van der Waals surface area contributed by atoms with Crippen LogP contribution in [0.3, 0.4) is 0 Å². The molecular weight excluding hydrogens is 290 g/mol. The summed E-state index contributed by atoms with van der Waals surface area (Å²) < 4.78 is 5.80. The van der Waals surface area contributed by atoms with Crippen LogP contribution in [-0.4, -0.2) is 36.1 Å². The Bertz CT molecular complexity index is 726. The van der Waals surface area contributed by atoms with Crippen molar-refractivity contribution < 1.29 is 9.53 Å². The fourth-order valence-electron chi connectivity index (χ4n) is 1.91. The number of rotatable bonds is 6. The van der Waals surface area contributed by atoms with Crippen molar-refractivity contribution in [1.82, 2.24) is 9.88 Å². The minimum atomic E-state index is 0.522. The van der Waals surface area contributed by atoms with Crippen LogP contribution in [0.1, 0.15) is 28.5 Å². The third kappa shape index (κ3) is 4.39. The molecule has 0 fully saturated rings. The van der Waals surface area contributed by atoms with E-state index in [-0.39, 0.29) is 0 Å². The van der Waals surface area contributed by atoms with Gasteiger partial charge in [-0.1, -0.05) is 12.1 Å². The highest BCUT2D eigenvalue weighted by Crippen LogP contribution is 2.28. The maximum absolute atomic E-state index is 10.8. The van der Waals surface area contributed by atoms with Gasteiger partial charge >= 0.3 is 0 Å². The number of carbonyl (C=O) groups excluding carboxylic acids is 1. The van der Waals surface area contributed by atoms with Crippen molar-refractivity contribution in [2.45, 2.75) is 20.8 Å². The number of benzene rings is 1. The predicted octanol–water partition coefficient (Wildman–Crippen LogP) is 3.91. The van der Waals surface area contributed by atoms with Crippen LogP contribution in [-0.2, 0) is 0 Å². The Kier molecular flexibility index (Phi) is 5.46. The van der Waals surface area contributed by atoms with Gasteiger partial charge in [-0.15, -0.1) is 0 Å². The average molecular weight is 311 g/mol. The van der Waals surface area contributed by atoms with Gasteiger partial charge in [0.05, 0.1) is 17.7 Å². The first-order valence-corrected chi connectivity index (χ1v) is 7.49. The summed E-state index contributed by atoms with van der Waals surface area (Å²) in [5.74, 6) is 1.11. The molecule has 120 valence electrons. The highest BCUT2D eigenvalue weighted by atomic mass is 16.5. The van der Waals surface area contributed by atoms with Crippen molar-refractivity contribution in [3.63, 3.8) is 0 Å². The zero-order valence-corrected chi connectivity index (χ0v) is 13.9. The van der Waals surface area contributed by atoms with E-state index >= 15 is 0 Å². The summed E-state index contributed by atoms with van der Waals surface area (Å²) in [4.78, 5) is 21.8. The Hall–Kier alpha value is -2.69. The first-order chi connectivity index (χ1) is 11.0. The Morgan fingerprint density at radius 3 is 2.78 bits per heavy atom. The molecule has 0 aliphatic rings. The van der Waals surface area contributed by atoms with Crippen LogP contribution in [0.25, 0.3) is 0 Å². The number of aldehydes is 1. The topological polar surface area (TPSA) is 54.8 Å². The van der Waals surface area contributed by atoms with Crippen LogP contribution in [0.2, 0.25) is 0 Å². The zero-order valence-electron chi connectivity index (χ0n) is 13.9. The number of nitrogens with zero attached hydrogens (tertiary/aromatic N) is 3. The summed E-state index contributed by atoms with van der Waals surface area (Å²) in [5.41, 5.74) is 3.06. The summed E-state index contributed by atoms with van der Waals surface area (Å²) in [6, 6.07) is 8.94. The number of aliphatic imine (C=N–C) groups is 1. The first kappa shape index (κ1) is 16.7. The molecule has 0 aliphatic carbocycles. The van der Waals surface area contributed by atoms with Crippen LogP contribution in [0.4, 0.5) is 5.69 Å². The van der Waals surface area contributed by atoms with Gasteiger partial charge in [-0.2, -0.15) is 0 Å². The molecule has 0 saturated heterocycles. The van der Waals surface area contributed by atoms with E-state index in [1.807, 2.05) is 31.9 Å². The lowest BCUT2D eigenvalue weighted by Crippen LogP contribution is -2.14. The van der Waals surface area contributed by atoms with Gasteiger partial charge in [0.15, 0.2) is 0 Å². The largest absolute Gasteiger partial charge is 0.439 e. The van der Waals surface area contributed by atoms with E-state index in [2.05, 4.69) is 16.9 Å². The van der Waals surface area contributed by atoms with Gasteiger partial charge in [0.1, 0.15) is 12.0 Å². The van der Waals surface area contributed by atoms with Crippen LogP contribution >= 0.6 is 0 Å². The van der Waals surface area contributed by atoms with Gasteiger partial charge < -0.3 is 9.64 Å². The predicted molar refractivity (Wildman–Crippen MR) is 92.1 cm³/mol. The van der Waals surface area contributed by atoms with E-state index in [0.717, 1.165) is 29.8 Å². The Balaban J connectivity index is 2.25. The van der Waals surface area contributed by atoms with Crippen molar-refractivity contribution in [2.75, 3.05) is 13.6 Å². The number of aryl methyl sites for hydroxylation is 2. The highest BCUT2D eigenvalue weighted by Gasteiger charge is 2.08. The summed E-state index contributed by atoms with van der Waals surface area (Å²) in [6.07, 6.45) is 2.58. The second-order valence-electron chi connectivity index (χ2n) is 5.33. The third-order valence-electron chi connectivity index (χ3n) is 3.43. The average Bonchev–Trinajstić information content (AvgIpc) is 2.56. The smallest absolute Gasteiger partial charge is 0.222 e. The lowest BCUT2D eigenvalue weighted by atomic mass is 10.2. The van der Waals surface area contributed by atoms with Crippen LogP contribution < -0.4 is 4.74 Å². The number of hydrogen-bond acceptors (Lipinski definition) is 4. The van der Waals surface area contributed by atoms with Gasteiger partial charge in [-0.05, 0) is 39.0 Å². The lowest BCUT2D eigenvalue weighted by Gasteiger charge is -2.12. The van der Waals surface area contributed by atoms with E-state index in [4.69, 9.17) is 4.74 Å². The standard InChI is InChI=1S/C18H21N3O2/c1-5-21(4)12-19-17-9-13(2)18(20-14(17)3)23-16-8-6-7-15(10-16)11-22/h6-12H,5H2,1-4H3. The summed E-state index contributed by atoms with van der Waals surface area (Å²) >= 11 is 0. The summed E-state index contributed by atoms with van der Waals surface area (Å²) in [6.45, 7) is 6.77. The molecule has 2 aromatic rings. The first-order valence-electron chi connectivity index (χ1n) is 7.49. The van der Waals surface area contributed by atoms with Crippen LogP contribution in [0, 0.1) is 13.8 Å². The van der Waals surface area contributed by atoms with E-state index in [9.17, 15) is 4.79 Å². The molecule has 0 saturated carbocycles. The molecule has 0 radical (unpaired) electrons. The summed E-state index contributed by atoms with van der Waals surface area (Å²) in [7, 11) is 1.97. The number of pyridine rings is 1. The Morgan fingerprint density at radius 2 is 2.09 bits per heavy atom. The molecule has 0 atom stereocenters. The molecule has 0 aliphatic heterocycles. The normalized spacial score (nSPS) is 10.8. The molecule has 5 heteroatoms. The fourth-order valence-corrected chi connectivity index (χ4v) is 1.91. The maximum Gasteiger partial charge on any atom is 0.222 e. The minimum Gasteiger partial charge on any atom is -0.439 e. The van der Waals surface area contributed by atoms with Gasteiger partial charge in [0.25, 0.3) is 0 Å². The fraction of sp³-hybridized carbons (Fsp3) is 0.278. The minimum absolute atomic E-state index is 0.522. The second-order valence-corrected chi connectivity index (χ2v) is 5.33. The zero-order chi connectivity index (χ0) is 16.8. The third-order valence-corrected chi connectivity index (χ3v) is 3.43. The number of aromatic nitrogens is 1. The van der Waals surface area contributed by atoms with Crippen molar-refractivity contribution >= 4 is 18.3 Å². The van der Waals surface area contributed by atoms with Gasteiger partial charge in [-0.25, -0.2) is 9.98 Å². The SMILES string of the molecule is CCN(C)C=Nc1cc(C)c(Oc2cccc(C=O)c2)nc1C. The molecule has 0 bridgehead atoms. The summed E-state index contributed by atoms with van der Waals surface area (Å²) in [5, 5.41) is 0. The van der Waals surface area contributed by atoms with Crippen molar-refractivity contribution in [3.8, 4) is 11.6 Å². The van der Waals surface area contributed by atoms with Gasteiger partial charge in [-0.3, -0.25) is 4.79 Å². The highest BCUT2D eigenvalue weighted by molar-refractivity contribution is 5.75. The van der Waals surface area contributed by atoms with Gasteiger partial charge in [0.2, 0.25) is 5.88 Å². The molecule has 1 aromatic carbocycles. The number of ether oxygens (including phenoxy) is 1. The van der Waals surface area contributed by atoms with E-state index in [0.29, 0.717) is 17.2 Å². The van der Waals surface area contributed by atoms with Crippen LogP contribution in [0.15, 0.2) is 35.3 Å². The molecule has 0 amide bonds. The number of hydrogen-bond donors (Lipinski definition) is 0. The molecule has 0 N–H and O–H groups in total. The second kappa shape index (κ2) is 7.54. The molecule has 1 heterocycles. The van der Waals surface area contributed by atoms with Crippen molar-refractivity contribution in [2.24, 2.45) is 4.99 Å². The van der Waals surface area contributed by atoms with Crippen LogP contribution in [0.5, 0.6) is 11.6 Å². The lowest BCUT2D eigenvalue weighted by molar-refractivity contribution is 0.112. The molecule has 23 heavy (non-hydrogen) atoms. The maximum atomic E-state index is 10.8. The Morgan fingerprint density at radius 1 is 1.30 bits per heavy atom. The van der Waals surface area contributed by atoms with E-state index in [1.54, 1.807) is 30.6 Å². The van der Waals surface area contributed by atoms with E-state index in [1.165, 1.54) is 0 Å². The Labute approximate surface area is 136 Å². The van der Waals surface area contributed by atoms with Gasteiger partial charge in [0, 0.05) is 24.7 Å². The number of carbonyl (C=O) groups is 1. The molecule has 2 rings (SSSR count). The molecular formula is C18H21N3O2. The van der Waals surface area contributed by atoms with Crippen molar-refractivity contribution in [1.29, 1.82) is 0 Å². The molecule has 1 aromatic heterocycles. The van der Waals surface area contributed by atoms with Crippen molar-refractivity contribution in [3.05, 3.63) is 47.2 Å². The molecule has 0 spiro atoms. The monoisotopic (exact) mass is 311 g/mol. The molecule has 0 unspecified atom stereocenters. The van der Waals surface area contributed by atoms with E-state index < -0.39 is 0 Å².